The second-order valence-electron chi connectivity index (χ2n) is 4.61. The molecule has 108 valence electrons. The Hall–Kier alpha value is -2.34. The number of hydrogen-bond acceptors (Lipinski definition) is 4. The molecule has 2 aromatic carbocycles. The summed E-state index contributed by atoms with van der Waals surface area (Å²) >= 11 is 0. The zero-order chi connectivity index (χ0) is 15.0. The van der Waals surface area contributed by atoms with Crippen LogP contribution in [0.25, 0.3) is 5.57 Å². The van der Waals surface area contributed by atoms with Crippen molar-refractivity contribution in [3.8, 4) is 11.5 Å². The van der Waals surface area contributed by atoms with E-state index in [0.717, 1.165) is 5.41 Å². The van der Waals surface area contributed by atoms with E-state index in [1.165, 1.54) is 36.4 Å². The lowest BCUT2D eigenvalue weighted by atomic mass is 10.1. The Morgan fingerprint density at radius 3 is 2.71 bits per heavy atom. The van der Waals surface area contributed by atoms with Gasteiger partial charge in [-0.3, -0.25) is 0 Å². The van der Waals surface area contributed by atoms with Crippen molar-refractivity contribution in [1.82, 2.24) is 0 Å². The summed E-state index contributed by atoms with van der Waals surface area (Å²) < 4.78 is 42.4. The first-order valence-electron chi connectivity index (χ1n) is 6.13. The summed E-state index contributed by atoms with van der Waals surface area (Å²) in [4.78, 5) is 0.0559. The second kappa shape index (κ2) is 4.89. The predicted molar refractivity (Wildman–Crippen MR) is 75.2 cm³/mol. The summed E-state index contributed by atoms with van der Waals surface area (Å²) in [5.74, 6) is -0.218. The summed E-state index contributed by atoms with van der Waals surface area (Å²) in [5.41, 5.74) is 0.957. The molecule has 0 saturated heterocycles. The highest BCUT2D eigenvalue weighted by Gasteiger charge is 2.27. The van der Waals surface area contributed by atoms with Crippen LogP contribution in [-0.2, 0) is 9.84 Å². The van der Waals surface area contributed by atoms with Gasteiger partial charge in [-0.15, -0.1) is 0 Å². The highest BCUT2D eigenvalue weighted by Crippen LogP contribution is 2.35. The molecular weight excluding hydrogens is 295 g/mol. The molecular formula is C15H11FO4S. The van der Waals surface area contributed by atoms with Crippen LogP contribution in [0.3, 0.4) is 0 Å². The number of sulfone groups is 1. The topological polar surface area (TPSA) is 63.6 Å². The Labute approximate surface area is 121 Å². The third kappa shape index (κ3) is 2.62. The van der Waals surface area contributed by atoms with Crippen LogP contribution in [0.1, 0.15) is 5.56 Å². The van der Waals surface area contributed by atoms with Crippen molar-refractivity contribution >= 4 is 15.4 Å². The largest absolute Gasteiger partial charge is 0.508 e. The number of rotatable bonds is 3. The Morgan fingerprint density at radius 2 is 1.95 bits per heavy atom. The molecule has 1 aliphatic heterocycles. The molecule has 0 fully saturated rings. The van der Waals surface area contributed by atoms with Crippen molar-refractivity contribution in [2.45, 2.75) is 4.90 Å². The smallest absolute Gasteiger partial charge is 0.200 e. The number of fused-ring (bicyclic) bond motifs is 1. The van der Waals surface area contributed by atoms with Crippen LogP contribution in [0.2, 0.25) is 0 Å². The van der Waals surface area contributed by atoms with Crippen LogP contribution in [-0.4, -0.2) is 20.1 Å². The molecule has 0 aliphatic carbocycles. The summed E-state index contributed by atoms with van der Waals surface area (Å²) in [6, 6.07) is 9.76. The standard InChI is InChI=1S/C15H11FO4S/c16-11-2-1-3-13(6-11)20-8-10-9-21(18,19)15-7-12(17)4-5-14(10)15/h1-7,9,17H,8H2. The van der Waals surface area contributed by atoms with Crippen molar-refractivity contribution in [2.75, 3.05) is 6.61 Å². The molecule has 6 heteroatoms. The van der Waals surface area contributed by atoms with Gasteiger partial charge in [0.1, 0.15) is 23.9 Å². The van der Waals surface area contributed by atoms with Gasteiger partial charge in [0.15, 0.2) is 0 Å². The zero-order valence-corrected chi connectivity index (χ0v) is 11.6. The van der Waals surface area contributed by atoms with Crippen LogP contribution in [0.5, 0.6) is 11.5 Å². The van der Waals surface area contributed by atoms with Gasteiger partial charge >= 0.3 is 0 Å². The number of halogens is 1. The average Bonchev–Trinajstić information content (AvgIpc) is 2.68. The molecule has 0 amide bonds. The number of hydrogen-bond donors (Lipinski definition) is 1. The molecule has 0 atom stereocenters. The first-order chi connectivity index (χ1) is 9.95. The zero-order valence-electron chi connectivity index (χ0n) is 10.8. The van der Waals surface area contributed by atoms with Gasteiger partial charge in [0.2, 0.25) is 9.84 Å². The van der Waals surface area contributed by atoms with Gasteiger partial charge in [0.05, 0.1) is 4.90 Å². The predicted octanol–water partition coefficient (Wildman–Crippen LogP) is 2.74. The third-order valence-electron chi connectivity index (χ3n) is 3.11. The quantitative estimate of drug-likeness (QED) is 0.947. The molecule has 0 saturated carbocycles. The maximum absolute atomic E-state index is 13.1. The van der Waals surface area contributed by atoms with E-state index in [-0.39, 0.29) is 17.3 Å². The molecule has 0 bridgehead atoms. The first-order valence-corrected chi connectivity index (χ1v) is 7.68. The number of ether oxygens (including phenoxy) is 1. The molecule has 4 nitrogen and oxygen atoms in total. The molecule has 21 heavy (non-hydrogen) atoms. The number of phenols is 1. The van der Waals surface area contributed by atoms with E-state index in [2.05, 4.69) is 0 Å². The van der Waals surface area contributed by atoms with E-state index < -0.39 is 15.7 Å². The number of phenolic OH excluding ortho intramolecular Hbond substituents is 1. The lowest BCUT2D eigenvalue weighted by Gasteiger charge is -2.08. The number of benzene rings is 2. The molecule has 1 heterocycles. The lowest BCUT2D eigenvalue weighted by molar-refractivity contribution is 0.367. The van der Waals surface area contributed by atoms with Gasteiger partial charge in [-0.2, -0.15) is 0 Å². The minimum atomic E-state index is -3.57. The molecule has 1 N–H and O–H groups in total. The highest BCUT2D eigenvalue weighted by molar-refractivity contribution is 7.95. The molecule has 0 aromatic heterocycles. The van der Waals surface area contributed by atoms with Gasteiger partial charge in [0, 0.05) is 22.6 Å². The monoisotopic (exact) mass is 306 g/mol. The Morgan fingerprint density at radius 1 is 1.14 bits per heavy atom. The van der Waals surface area contributed by atoms with E-state index in [1.54, 1.807) is 6.07 Å². The van der Waals surface area contributed by atoms with Gasteiger partial charge in [0.25, 0.3) is 0 Å². The van der Waals surface area contributed by atoms with E-state index in [9.17, 15) is 17.9 Å². The van der Waals surface area contributed by atoms with Gasteiger partial charge in [-0.1, -0.05) is 6.07 Å². The normalized spacial score (nSPS) is 15.4. The Bertz CT molecular complexity index is 841. The fraction of sp³-hybridized carbons (Fsp3) is 0.0667. The maximum Gasteiger partial charge on any atom is 0.200 e. The Kier molecular flexibility index (Phi) is 3.17. The van der Waals surface area contributed by atoms with Crippen molar-refractivity contribution < 1.29 is 22.7 Å². The molecule has 2 aromatic rings. The van der Waals surface area contributed by atoms with E-state index >= 15 is 0 Å². The fourth-order valence-electron chi connectivity index (χ4n) is 2.16. The van der Waals surface area contributed by atoms with Crippen LogP contribution >= 0.6 is 0 Å². The molecule has 3 rings (SSSR count). The maximum atomic E-state index is 13.1. The first kappa shape index (κ1) is 13.6. The highest BCUT2D eigenvalue weighted by atomic mass is 32.2. The van der Waals surface area contributed by atoms with Crippen molar-refractivity contribution in [3.63, 3.8) is 0 Å². The lowest BCUT2D eigenvalue weighted by Crippen LogP contribution is -1.99. The minimum absolute atomic E-state index is 0.000455. The van der Waals surface area contributed by atoms with Gasteiger partial charge in [-0.05, 0) is 30.3 Å². The third-order valence-corrected chi connectivity index (χ3v) is 4.65. The Balaban J connectivity index is 1.88. The molecule has 0 radical (unpaired) electrons. The van der Waals surface area contributed by atoms with Crippen LogP contribution in [0, 0.1) is 5.82 Å². The van der Waals surface area contributed by atoms with Crippen molar-refractivity contribution in [2.24, 2.45) is 0 Å². The molecule has 0 spiro atoms. The SMILES string of the molecule is O=S1(=O)C=C(COc2cccc(F)c2)c2ccc(O)cc21. The summed E-state index contributed by atoms with van der Waals surface area (Å²) in [7, 11) is -3.57. The average molecular weight is 306 g/mol. The van der Waals surface area contributed by atoms with E-state index in [4.69, 9.17) is 4.74 Å². The van der Waals surface area contributed by atoms with Crippen molar-refractivity contribution in [3.05, 3.63) is 59.3 Å². The van der Waals surface area contributed by atoms with Crippen LogP contribution in [0.15, 0.2) is 52.8 Å². The summed E-state index contributed by atoms with van der Waals surface area (Å²) in [5, 5.41) is 10.5. The second-order valence-corrected chi connectivity index (χ2v) is 6.38. The van der Waals surface area contributed by atoms with Gasteiger partial charge in [-0.25, -0.2) is 12.8 Å². The van der Waals surface area contributed by atoms with E-state index in [1.807, 2.05) is 0 Å². The summed E-state index contributed by atoms with van der Waals surface area (Å²) in [6.45, 7) is 0.000455. The fourth-order valence-corrected chi connectivity index (χ4v) is 3.64. The number of aromatic hydroxyl groups is 1. The van der Waals surface area contributed by atoms with Crippen LogP contribution in [0.4, 0.5) is 4.39 Å². The molecule has 0 unspecified atom stereocenters. The minimum Gasteiger partial charge on any atom is -0.508 e. The van der Waals surface area contributed by atoms with E-state index in [0.29, 0.717) is 16.9 Å². The van der Waals surface area contributed by atoms with Gasteiger partial charge < -0.3 is 9.84 Å². The van der Waals surface area contributed by atoms with Crippen molar-refractivity contribution in [1.29, 1.82) is 0 Å². The summed E-state index contributed by atoms with van der Waals surface area (Å²) in [6.07, 6.45) is 0. The van der Waals surface area contributed by atoms with Crippen LogP contribution < -0.4 is 4.74 Å². The molecule has 1 aliphatic rings.